The van der Waals surface area contributed by atoms with E-state index in [0.717, 1.165) is 24.2 Å². The second-order valence-electron chi connectivity index (χ2n) is 10.2. The van der Waals surface area contributed by atoms with Crippen molar-refractivity contribution in [1.82, 2.24) is 14.8 Å². The van der Waals surface area contributed by atoms with E-state index in [4.69, 9.17) is 9.47 Å². The fraction of sp³-hybridized carbons (Fsp3) is 0.696. The Balaban J connectivity index is 1.71. The molecule has 8 nitrogen and oxygen atoms in total. The minimum absolute atomic E-state index is 0.0533. The second-order valence-corrected chi connectivity index (χ2v) is 10.2. The van der Waals surface area contributed by atoms with E-state index in [0.29, 0.717) is 32.7 Å². The van der Waals surface area contributed by atoms with Crippen molar-refractivity contribution < 1.29 is 19.1 Å². The fourth-order valence-electron chi connectivity index (χ4n) is 3.99. The molecule has 3 rings (SSSR count). The van der Waals surface area contributed by atoms with Gasteiger partial charge in [-0.1, -0.05) is 6.07 Å². The van der Waals surface area contributed by atoms with Crippen LogP contribution in [0.4, 0.5) is 15.4 Å². The van der Waals surface area contributed by atoms with Gasteiger partial charge < -0.3 is 24.2 Å². The lowest BCUT2D eigenvalue weighted by Crippen LogP contribution is -2.50. The van der Waals surface area contributed by atoms with E-state index in [1.807, 2.05) is 52.5 Å². The maximum Gasteiger partial charge on any atom is 0.410 e. The normalized spacial score (nSPS) is 20.1. The smallest absolute Gasteiger partial charge is 0.410 e. The summed E-state index contributed by atoms with van der Waals surface area (Å²) < 4.78 is 11.1. The van der Waals surface area contributed by atoms with E-state index in [2.05, 4.69) is 16.0 Å². The van der Waals surface area contributed by atoms with E-state index in [1.54, 1.807) is 11.1 Å². The fourth-order valence-corrected chi connectivity index (χ4v) is 3.99. The Bertz CT molecular complexity index is 792. The van der Waals surface area contributed by atoms with Gasteiger partial charge in [0, 0.05) is 44.5 Å². The van der Waals surface area contributed by atoms with Crippen molar-refractivity contribution >= 4 is 18.0 Å². The molecular weight excluding hydrogens is 396 g/mol. The van der Waals surface area contributed by atoms with Crippen LogP contribution in [0, 0.1) is 0 Å². The largest absolute Gasteiger partial charge is 0.444 e. The molecule has 0 saturated carbocycles. The summed E-state index contributed by atoms with van der Waals surface area (Å²) in [5.74, 6) is 0.881. The molecule has 2 amide bonds. The summed E-state index contributed by atoms with van der Waals surface area (Å²) >= 11 is 0. The van der Waals surface area contributed by atoms with Gasteiger partial charge in [0.25, 0.3) is 0 Å². The number of anilines is 1. The summed E-state index contributed by atoms with van der Waals surface area (Å²) in [6, 6.07) is 3.92. The molecule has 172 valence electrons. The number of nitrogens with zero attached hydrogens (tertiary/aromatic N) is 4. The minimum Gasteiger partial charge on any atom is -0.444 e. The third-order valence-electron chi connectivity index (χ3n) is 5.29. The van der Waals surface area contributed by atoms with Crippen LogP contribution in [0.3, 0.4) is 0 Å². The van der Waals surface area contributed by atoms with E-state index < -0.39 is 11.2 Å². The van der Waals surface area contributed by atoms with Gasteiger partial charge in [0.05, 0.1) is 6.04 Å². The van der Waals surface area contributed by atoms with Gasteiger partial charge in [0.2, 0.25) is 0 Å². The monoisotopic (exact) mass is 432 g/mol. The van der Waals surface area contributed by atoms with Gasteiger partial charge in [-0.15, -0.1) is 0 Å². The zero-order valence-corrected chi connectivity index (χ0v) is 19.7. The van der Waals surface area contributed by atoms with Gasteiger partial charge in [0.1, 0.15) is 17.0 Å². The molecule has 2 aliphatic heterocycles. The molecule has 0 spiro atoms. The highest BCUT2D eigenvalue weighted by Crippen LogP contribution is 2.37. The summed E-state index contributed by atoms with van der Waals surface area (Å²) in [6.07, 6.45) is 3.05. The zero-order chi connectivity index (χ0) is 22.8. The third kappa shape index (κ3) is 6.02. The van der Waals surface area contributed by atoms with Crippen molar-refractivity contribution in [1.29, 1.82) is 0 Å². The second kappa shape index (κ2) is 8.93. The molecule has 0 aliphatic carbocycles. The molecule has 1 aromatic rings. The highest BCUT2D eigenvalue weighted by Gasteiger charge is 2.36. The molecule has 1 aromatic heterocycles. The molecule has 3 heterocycles. The lowest BCUT2D eigenvalue weighted by molar-refractivity contribution is 0.0215. The van der Waals surface area contributed by atoms with Gasteiger partial charge >= 0.3 is 12.2 Å². The molecule has 2 fully saturated rings. The summed E-state index contributed by atoms with van der Waals surface area (Å²) in [7, 11) is 0. The predicted molar refractivity (Wildman–Crippen MR) is 119 cm³/mol. The number of piperazine rings is 1. The van der Waals surface area contributed by atoms with Crippen molar-refractivity contribution in [3.63, 3.8) is 0 Å². The molecule has 8 heteroatoms. The van der Waals surface area contributed by atoms with Crippen LogP contribution in [0.5, 0.6) is 0 Å². The molecular formula is C23H36N4O4. The number of rotatable bonds is 2. The average Bonchev–Trinajstić information content (AvgIpc) is 3.15. The predicted octanol–water partition coefficient (Wildman–Crippen LogP) is 4.21. The van der Waals surface area contributed by atoms with Crippen LogP contribution in [-0.4, -0.2) is 70.9 Å². The van der Waals surface area contributed by atoms with Gasteiger partial charge in [0.15, 0.2) is 0 Å². The number of carbonyl (C=O) groups is 2. The Morgan fingerprint density at radius 2 is 1.55 bits per heavy atom. The maximum atomic E-state index is 12.8. The first-order chi connectivity index (χ1) is 14.4. The lowest BCUT2D eigenvalue weighted by atomic mass is 10.0. The topological polar surface area (TPSA) is 75.2 Å². The van der Waals surface area contributed by atoms with E-state index in [9.17, 15) is 9.59 Å². The van der Waals surface area contributed by atoms with Crippen molar-refractivity contribution in [2.45, 2.75) is 71.6 Å². The van der Waals surface area contributed by atoms with Crippen LogP contribution in [0.25, 0.3) is 0 Å². The highest BCUT2D eigenvalue weighted by atomic mass is 16.6. The van der Waals surface area contributed by atoms with Crippen molar-refractivity contribution in [3.05, 3.63) is 23.9 Å². The lowest BCUT2D eigenvalue weighted by Gasteiger charge is -2.38. The van der Waals surface area contributed by atoms with Crippen molar-refractivity contribution in [2.24, 2.45) is 0 Å². The van der Waals surface area contributed by atoms with Crippen LogP contribution in [0.2, 0.25) is 0 Å². The number of amides is 2. The van der Waals surface area contributed by atoms with Crippen molar-refractivity contribution in [2.75, 3.05) is 37.6 Å². The van der Waals surface area contributed by atoms with Crippen LogP contribution < -0.4 is 4.90 Å². The first kappa shape index (κ1) is 23.2. The summed E-state index contributed by atoms with van der Waals surface area (Å²) in [5, 5.41) is 0. The van der Waals surface area contributed by atoms with Gasteiger partial charge in [-0.2, -0.15) is 0 Å². The molecule has 0 radical (unpaired) electrons. The number of hydrogen-bond donors (Lipinski definition) is 0. The number of pyridine rings is 1. The third-order valence-corrected chi connectivity index (χ3v) is 5.29. The van der Waals surface area contributed by atoms with Gasteiger partial charge in [-0.3, -0.25) is 0 Å². The van der Waals surface area contributed by atoms with Crippen LogP contribution in [0.1, 0.15) is 66.0 Å². The van der Waals surface area contributed by atoms with Crippen molar-refractivity contribution in [3.8, 4) is 0 Å². The number of aromatic nitrogens is 1. The van der Waals surface area contributed by atoms with E-state index in [1.165, 1.54) is 0 Å². The molecule has 2 aliphatic rings. The number of carbonyl (C=O) groups excluding carboxylic acids is 2. The summed E-state index contributed by atoms with van der Waals surface area (Å²) in [4.78, 5) is 35.6. The molecule has 0 N–H and O–H groups in total. The number of hydrogen-bond acceptors (Lipinski definition) is 6. The van der Waals surface area contributed by atoms with Gasteiger partial charge in [-0.05, 0) is 60.5 Å². The summed E-state index contributed by atoms with van der Waals surface area (Å²) in [6.45, 7) is 14.4. The average molecular weight is 433 g/mol. The summed E-state index contributed by atoms with van der Waals surface area (Å²) in [5.41, 5.74) is 0.00670. The Hall–Kier alpha value is -2.51. The molecule has 0 aromatic carbocycles. The minimum atomic E-state index is -0.528. The SMILES string of the molecule is CC(C)(C)OC(=O)N1CCN(c2ncccc2C2CCCN2C(=O)OC(C)(C)C)CC1. The number of likely N-dealkylation sites (tertiary alicyclic amines) is 1. The van der Waals surface area contributed by atoms with E-state index in [-0.39, 0.29) is 18.2 Å². The standard InChI is InChI=1S/C23H36N4O4/c1-22(2,3)30-20(28)26-15-13-25(14-16-26)19-17(9-7-11-24-19)18-10-8-12-27(18)21(29)31-23(4,5)6/h7,9,11,18H,8,10,12-16H2,1-6H3. The van der Waals surface area contributed by atoms with Crippen LogP contribution in [0.15, 0.2) is 18.3 Å². The molecule has 31 heavy (non-hydrogen) atoms. The molecule has 1 atom stereocenters. The molecule has 2 saturated heterocycles. The zero-order valence-electron chi connectivity index (χ0n) is 19.7. The first-order valence-corrected chi connectivity index (χ1v) is 11.1. The van der Waals surface area contributed by atoms with Gasteiger partial charge in [-0.25, -0.2) is 14.6 Å². The molecule has 0 bridgehead atoms. The van der Waals surface area contributed by atoms with E-state index >= 15 is 0 Å². The Kier molecular flexibility index (Phi) is 6.67. The highest BCUT2D eigenvalue weighted by molar-refractivity contribution is 5.70. The number of ether oxygens (including phenoxy) is 2. The Labute approximate surface area is 185 Å². The first-order valence-electron chi connectivity index (χ1n) is 11.1. The maximum absolute atomic E-state index is 12.8. The quantitative estimate of drug-likeness (QED) is 0.697. The Morgan fingerprint density at radius 3 is 2.16 bits per heavy atom. The van der Waals surface area contributed by atoms with Crippen LogP contribution >= 0.6 is 0 Å². The Morgan fingerprint density at radius 1 is 0.935 bits per heavy atom. The molecule has 1 unspecified atom stereocenters. The van der Waals surface area contributed by atoms with Crippen LogP contribution in [-0.2, 0) is 9.47 Å².